The monoisotopic (exact) mass is 334 g/mol. The molecule has 0 fully saturated rings. The Kier molecular flexibility index (Phi) is 5.67. The molecule has 0 aliphatic carbocycles. The van der Waals surface area contributed by atoms with Gasteiger partial charge in [0.2, 0.25) is 0 Å². The minimum absolute atomic E-state index is 0.136. The lowest BCUT2D eigenvalue weighted by Crippen LogP contribution is -2.32. The van der Waals surface area contributed by atoms with Crippen LogP contribution in [-0.4, -0.2) is 26.8 Å². The number of nitrogen functional groups attached to an aromatic ring is 1. The van der Waals surface area contributed by atoms with E-state index in [1.165, 1.54) is 19.5 Å². The third-order valence-electron chi connectivity index (χ3n) is 3.25. The van der Waals surface area contributed by atoms with Crippen LogP contribution in [-0.2, 0) is 20.8 Å². The van der Waals surface area contributed by atoms with E-state index >= 15 is 0 Å². The number of benzene rings is 1. The second kappa shape index (κ2) is 7.70. The van der Waals surface area contributed by atoms with E-state index in [1.54, 1.807) is 36.4 Å². The first-order chi connectivity index (χ1) is 11.0. The summed E-state index contributed by atoms with van der Waals surface area (Å²) < 4.78 is 29.3. The molecule has 7 nitrogen and oxygen atoms in total. The number of rotatable bonds is 6. The summed E-state index contributed by atoms with van der Waals surface area (Å²) in [6, 6.07) is 9.12. The van der Waals surface area contributed by atoms with Crippen LogP contribution in [0.25, 0.3) is 0 Å². The smallest absolute Gasteiger partial charge is 0.307 e. The first-order valence-corrected chi connectivity index (χ1v) is 7.77. The molecule has 0 saturated carbocycles. The number of hydrogen-bond donors (Lipinski definition) is 1. The summed E-state index contributed by atoms with van der Waals surface area (Å²) in [6.45, 7) is 0. The Morgan fingerprint density at radius 3 is 2.61 bits per heavy atom. The highest BCUT2D eigenvalue weighted by Gasteiger charge is 2.25. The zero-order valence-corrected chi connectivity index (χ0v) is 13.2. The van der Waals surface area contributed by atoms with Crippen LogP contribution in [0.5, 0.6) is 0 Å². The van der Waals surface area contributed by atoms with E-state index in [-0.39, 0.29) is 6.42 Å². The van der Waals surface area contributed by atoms with Gasteiger partial charge < -0.3 is 15.0 Å². The normalized spacial score (nSPS) is 13.1. The molecule has 2 rings (SSSR count). The third kappa shape index (κ3) is 4.27. The van der Waals surface area contributed by atoms with Gasteiger partial charge in [-0.2, -0.15) is 0 Å². The van der Waals surface area contributed by atoms with Crippen LogP contribution in [0.2, 0.25) is 0 Å². The molecule has 0 bridgehead atoms. The minimum Gasteiger partial charge on any atom is -0.755 e. The van der Waals surface area contributed by atoms with E-state index in [0.29, 0.717) is 16.9 Å². The van der Waals surface area contributed by atoms with Crippen molar-refractivity contribution in [2.24, 2.45) is 0 Å². The van der Waals surface area contributed by atoms with Crippen molar-refractivity contribution in [2.45, 2.75) is 12.5 Å². The fourth-order valence-electron chi connectivity index (χ4n) is 2.15. The molecule has 0 spiro atoms. The third-order valence-corrected chi connectivity index (χ3v) is 4.04. The first kappa shape index (κ1) is 16.9. The highest BCUT2D eigenvalue weighted by atomic mass is 32.2. The van der Waals surface area contributed by atoms with Gasteiger partial charge in [-0.3, -0.25) is 18.3 Å². The number of pyridine rings is 1. The largest absolute Gasteiger partial charge is 0.755 e. The van der Waals surface area contributed by atoms with Crippen LogP contribution in [0.15, 0.2) is 48.8 Å². The first-order valence-electron chi connectivity index (χ1n) is 6.74. The molecule has 2 N–H and O–H groups in total. The number of hydrogen-bond acceptors (Lipinski definition) is 6. The number of nitrogens with two attached hydrogens (primary N) is 1. The van der Waals surface area contributed by atoms with Gasteiger partial charge in [-0.05, 0) is 29.8 Å². The zero-order valence-electron chi connectivity index (χ0n) is 12.4. The van der Waals surface area contributed by atoms with Crippen LogP contribution in [0.4, 0.5) is 11.4 Å². The predicted octanol–water partition coefficient (Wildman–Crippen LogP) is 1.57. The van der Waals surface area contributed by atoms with Crippen LogP contribution in [0, 0.1) is 0 Å². The molecular formula is C15H16N3O4S-. The van der Waals surface area contributed by atoms with E-state index in [4.69, 9.17) is 5.73 Å². The molecular weight excluding hydrogens is 318 g/mol. The molecule has 2 unspecified atom stereocenters. The summed E-state index contributed by atoms with van der Waals surface area (Å²) in [6.07, 6.45) is 2.81. The molecule has 2 atom stereocenters. The van der Waals surface area contributed by atoms with Crippen LogP contribution >= 0.6 is 0 Å². The lowest BCUT2D eigenvalue weighted by molar-refractivity contribution is -0.141. The number of aromatic nitrogens is 1. The summed E-state index contributed by atoms with van der Waals surface area (Å²) in [5, 5.41) is 0. The predicted molar refractivity (Wildman–Crippen MR) is 85.9 cm³/mol. The van der Waals surface area contributed by atoms with Crippen molar-refractivity contribution in [2.75, 3.05) is 17.1 Å². The van der Waals surface area contributed by atoms with Gasteiger partial charge in [0.25, 0.3) is 0 Å². The van der Waals surface area contributed by atoms with Gasteiger partial charge in [0.1, 0.15) is 0 Å². The summed E-state index contributed by atoms with van der Waals surface area (Å²) in [5.74, 6) is -0.522. The van der Waals surface area contributed by atoms with Gasteiger partial charge in [-0.25, -0.2) is 0 Å². The average Bonchev–Trinajstić information content (AvgIpc) is 2.55. The van der Waals surface area contributed by atoms with Crippen LogP contribution in [0.1, 0.15) is 18.0 Å². The molecule has 0 amide bonds. The van der Waals surface area contributed by atoms with Crippen molar-refractivity contribution < 1.29 is 18.3 Å². The van der Waals surface area contributed by atoms with Crippen molar-refractivity contribution in [3.8, 4) is 0 Å². The maximum absolute atomic E-state index is 11.8. The van der Waals surface area contributed by atoms with Gasteiger partial charge in [-0.1, -0.05) is 12.1 Å². The molecule has 0 aliphatic rings. The molecule has 122 valence electrons. The van der Waals surface area contributed by atoms with Gasteiger partial charge >= 0.3 is 5.97 Å². The van der Waals surface area contributed by atoms with E-state index in [2.05, 4.69) is 9.72 Å². The second-order valence-electron chi connectivity index (χ2n) is 4.72. The Morgan fingerprint density at radius 2 is 2.09 bits per heavy atom. The van der Waals surface area contributed by atoms with Gasteiger partial charge in [-0.15, -0.1) is 0 Å². The molecule has 1 heterocycles. The average molecular weight is 334 g/mol. The Labute approximate surface area is 136 Å². The standard InChI is InChI=1S/C15H17N3O4S/c1-22-15(19)9-14(11-4-6-12(16)7-5-11)18(23(20)21)13-3-2-8-17-10-13/h2-8,10,14H,9,16H2,1H3,(H,20,21)/p-1. The second-order valence-corrected chi connectivity index (χ2v) is 5.54. The van der Waals surface area contributed by atoms with Gasteiger partial charge in [0, 0.05) is 23.2 Å². The Balaban J connectivity index is 2.46. The van der Waals surface area contributed by atoms with Crippen molar-refractivity contribution in [3.63, 3.8) is 0 Å². The van der Waals surface area contributed by atoms with Gasteiger partial charge in [0.15, 0.2) is 0 Å². The number of carbonyl (C=O) groups is 1. The molecule has 0 aliphatic heterocycles. The molecule has 1 aromatic carbocycles. The zero-order chi connectivity index (χ0) is 16.8. The number of carbonyl (C=O) groups excluding carboxylic acids is 1. The van der Waals surface area contributed by atoms with E-state index in [9.17, 15) is 13.6 Å². The quantitative estimate of drug-likeness (QED) is 0.488. The van der Waals surface area contributed by atoms with Crippen molar-refractivity contribution in [1.29, 1.82) is 0 Å². The highest BCUT2D eigenvalue weighted by Crippen LogP contribution is 2.31. The number of methoxy groups -OCH3 is 1. The van der Waals surface area contributed by atoms with Crippen molar-refractivity contribution >= 4 is 28.6 Å². The molecule has 2 aromatic rings. The molecule has 8 heteroatoms. The fourth-order valence-corrected chi connectivity index (χ4v) is 2.83. The highest BCUT2D eigenvalue weighted by molar-refractivity contribution is 7.80. The van der Waals surface area contributed by atoms with Gasteiger partial charge in [0.05, 0.1) is 31.5 Å². The summed E-state index contributed by atoms with van der Waals surface area (Å²) in [4.78, 5) is 15.7. The number of nitrogens with zero attached hydrogens (tertiary/aromatic N) is 2. The maximum atomic E-state index is 11.8. The van der Waals surface area contributed by atoms with Crippen molar-refractivity contribution in [3.05, 3.63) is 54.4 Å². The van der Waals surface area contributed by atoms with E-state index in [1.807, 2.05) is 0 Å². The van der Waals surface area contributed by atoms with Crippen molar-refractivity contribution in [1.82, 2.24) is 4.98 Å². The van der Waals surface area contributed by atoms with E-state index < -0.39 is 23.3 Å². The summed E-state index contributed by atoms with van der Waals surface area (Å²) >= 11 is -2.60. The summed E-state index contributed by atoms with van der Waals surface area (Å²) in [5.41, 5.74) is 7.18. The Morgan fingerprint density at radius 1 is 1.39 bits per heavy atom. The van der Waals surface area contributed by atoms with E-state index in [0.717, 1.165) is 4.31 Å². The molecule has 1 aromatic heterocycles. The Hall–Kier alpha value is -2.45. The SMILES string of the molecule is COC(=O)CC(c1ccc(N)cc1)N(c1cccnc1)S(=O)[O-]. The lowest BCUT2D eigenvalue weighted by atomic mass is 10.0. The number of ether oxygens (including phenoxy) is 1. The van der Waals surface area contributed by atoms with Crippen LogP contribution in [0.3, 0.4) is 0 Å². The number of esters is 1. The molecule has 0 saturated heterocycles. The Bertz CT molecular complexity index is 679. The fraction of sp³-hybridized carbons (Fsp3) is 0.200. The maximum Gasteiger partial charge on any atom is 0.307 e. The lowest BCUT2D eigenvalue weighted by Gasteiger charge is -2.34. The molecule has 0 radical (unpaired) electrons. The summed E-state index contributed by atoms with van der Waals surface area (Å²) in [7, 11) is 1.25. The minimum atomic E-state index is -2.60. The van der Waals surface area contributed by atoms with Crippen LogP contribution < -0.4 is 10.0 Å². The topological polar surface area (TPSA) is 109 Å². The molecule has 23 heavy (non-hydrogen) atoms. The number of anilines is 2.